The molecule has 12 aromatic carbocycles. The maximum atomic E-state index is 3.75. The average Bonchev–Trinajstić information content (AvgIpc) is 4.39. The summed E-state index contributed by atoms with van der Waals surface area (Å²) in [5.41, 5.74) is 28.4. The summed E-state index contributed by atoms with van der Waals surface area (Å²) >= 11 is 3.75. The molecular formula is C74H45BrN2. The van der Waals surface area contributed by atoms with E-state index >= 15 is 0 Å². The Bertz CT molecular complexity index is 4730. The second kappa shape index (κ2) is 15.9. The van der Waals surface area contributed by atoms with Crippen molar-refractivity contribution < 1.29 is 0 Å². The van der Waals surface area contributed by atoms with E-state index in [9.17, 15) is 0 Å². The smallest absolute Gasteiger partial charge is 0.0726 e. The van der Waals surface area contributed by atoms with Crippen LogP contribution in [0.25, 0.3) is 99.5 Å². The maximum absolute atomic E-state index is 3.75. The second-order valence-electron chi connectivity index (χ2n) is 21.1. The molecule has 0 amide bonds. The largest absolute Gasteiger partial charge is 0.309 e. The SMILES string of the molecule is Brc1ccc2c(c1)c1cc3c(cc1n2-c1ccccc1)C1(c2ccccc2-c2ccccc21)c1ccccc1-3.c1ccc(-n2c3ccccc3c3cc4c(cc32)C2(c3ccccc3-c3ccccc32)c2ccccc2-4)cc1. The lowest BCUT2D eigenvalue weighted by Gasteiger charge is -2.30. The average molecular weight is 1040 g/mol. The van der Waals surface area contributed by atoms with Gasteiger partial charge in [0.15, 0.2) is 0 Å². The molecule has 0 fully saturated rings. The molecule has 2 heterocycles. The Morgan fingerprint density at radius 2 is 0.532 bits per heavy atom. The van der Waals surface area contributed by atoms with Gasteiger partial charge in [0.1, 0.15) is 0 Å². The molecule has 77 heavy (non-hydrogen) atoms. The van der Waals surface area contributed by atoms with Crippen LogP contribution in [0.2, 0.25) is 0 Å². The summed E-state index contributed by atoms with van der Waals surface area (Å²) in [6.07, 6.45) is 0. The van der Waals surface area contributed by atoms with E-state index in [0.717, 1.165) is 4.47 Å². The van der Waals surface area contributed by atoms with Crippen molar-refractivity contribution in [3.05, 3.63) is 322 Å². The van der Waals surface area contributed by atoms with Gasteiger partial charge in [-0.05, 0) is 162 Å². The zero-order valence-corrected chi connectivity index (χ0v) is 43.3. The first-order valence-electron chi connectivity index (χ1n) is 26.7. The third-order valence-corrected chi connectivity index (χ3v) is 18.2. The van der Waals surface area contributed by atoms with Gasteiger partial charge in [0.25, 0.3) is 0 Å². The van der Waals surface area contributed by atoms with Crippen LogP contribution >= 0.6 is 15.9 Å². The monoisotopic (exact) mass is 1040 g/mol. The molecule has 2 spiro atoms. The molecule has 0 aliphatic heterocycles. The van der Waals surface area contributed by atoms with Crippen molar-refractivity contribution in [1.82, 2.24) is 9.13 Å². The molecule has 2 aromatic heterocycles. The summed E-state index contributed by atoms with van der Waals surface area (Å²) in [5.74, 6) is 0. The molecule has 0 unspecified atom stereocenters. The van der Waals surface area contributed by atoms with Gasteiger partial charge in [0.05, 0.1) is 32.9 Å². The van der Waals surface area contributed by atoms with Gasteiger partial charge in [0, 0.05) is 37.4 Å². The lowest BCUT2D eigenvalue weighted by Crippen LogP contribution is -2.25. The number of rotatable bonds is 2. The predicted molar refractivity (Wildman–Crippen MR) is 322 cm³/mol. The van der Waals surface area contributed by atoms with Crippen LogP contribution in [0.1, 0.15) is 44.5 Å². The van der Waals surface area contributed by atoms with Crippen molar-refractivity contribution in [2.75, 3.05) is 0 Å². The number of fused-ring (bicyclic) bond motifs is 26. The molecule has 0 N–H and O–H groups in total. The number of benzene rings is 12. The standard InChI is InChI=1S/C37H22BrN.C37H23N/c38-23-18-19-35-29(20-23)30-21-28-27-14-6-9-17-33(27)37(34(28)22-36(30)39(35)24-10-2-1-3-11-24)31-15-7-4-12-25(31)26-13-5-8-16-32(26)37;1-2-12-24(13-3-1)38-35-21-11-7-17-28(35)30-22-29-27-16-6-10-20-33(27)37(34(29)23-36(30)38)31-18-8-4-14-25(31)26-15-5-9-19-32(26)37/h1-22H;1-23H. The number of para-hydroxylation sites is 3. The van der Waals surface area contributed by atoms with Crippen molar-refractivity contribution in [3.63, 3.8) is 0 Å². The molecule has 3 heteroatoms. The molecule has 358 valence electrons. The number of halogens is 1. The van der Waals surface area contributed by atoms with Gasteiger partial charge >= 0.3 is 0 Å². The highest BCUT2D eigenvalue weighted by Gasteiger charge is 2.53. The summed E-state index contributed by atoms with van der Waals surface area (Å²) in [7, 11) is 0. The topological polar surface area (TPSA) is 9.86 Å². The van der Waals surface area contributed by atoms with Crippen LogP contribution in [0.3, 0.4) is 0 Å². The Labute approximate surface area is 454 Å². The number of nitrogens with zero attached hydrogens (tertiary/aromatic N) is 2. The molecule has 0 atom stereocenters. The van der Waals surface area contributed by atoms with Gasteiger partial charge in [-0.15, -0.1) is 0 Å². The fourth-order valence-electron chi connectivity index (χ4n) is 14.8. The van der Waals surface area contributed by atoms with Crippen molar-refractivity contribution in [3.8, 4) is 55.9 Å². The van der Waals surface area contributed by atoms with Crippen LogP contribution < -0.4 is 0 Å². The maximum Gasteiger partial charge on any atom is 0.0726 e. The summed E-state index contributed by atoms with van der Waals surface area (Å²) in [5, 5.41) is 5.13. The van der Waals surface area contributed by atoms with Gasteiger partial charge < -0.3 is 9.13 Å². The lowest BCUT2D eigenvalue weighted by atomic mass is 9.70. The summed E-state index contributed by atoms with van der Waals surface area (Å²) in [4.78, 5) is 0. The molecule has 18 rings (SSSR count). The Hall–Kier alpha value is -9.28. The van der Waals surface area contributed by atoms with Gasteiger partial charge in [0.2, 0.25) is 0 Å². The fourth-order valence-corrected chi connectivity index (χ4v) is 15.2. The quantitative estimate of drug-likeness (QED) is 0.163. The highest BCUT2D eigenvalue weighted by molar-refractivity contribution is 9.10. The third-order valence-electron chi connectivity index (χ3n) is 17.7. The Kier molecular flexibility index (Phi) is 8.87. The Balaban J connectivity index is 0.000000125. The third kappa shape index (κ3) is 5.53. The van der Waals surface area contributed by atoms with Gasteiger partial charge in [-0.2, -0.15) is 0 Å². The van der Waals surface area contributed by atoms with E-state index in [2.05, 4.69) is 298 Å². The summed E-state index contributed by atoms with van der Waals surface area (Å²) in [6.45, 7) is 0. The van der Waals surface area contributed by atoms with E-state index < -0.39 is 0 Å². The number of aromatic nitrogens is 2. The van der Waals surface area contributed by atoms with Gasteiger partial charge in [-0.1, -0.05) is 216 Å². The predicted octanol–water partition coefficient (Wildman–Crippen LogP) is 19.0. The van der Waals surface area contributed by atoms with E-state index in [4.69, 9.17) is 0 Å². The first-order chi connectivity index (χ1) is 38.1. The minimum Gasteiger partial charge on any atom is -0.309 e. The van der Waals surface area contributed by atoms with Crippen LogP contribution in [0.15, 0.2) is 277 Å². The van der Waals surface area contributed by atoms with Crippen molar-refractivity contribution in [2.24, 2.45) is 0 Å². The minimum atomic E-state index is -0.341. The van der Waals surface area contributed by atoms with Crippen LogP contribution in [0.5, 0.6) is 0 Å². The molecule has 14 aromatic rings. The normalized spacial score (nSPS) is 14.0. The van der Waals surface area contributed by atoms with E-state index in [1.165, 1.54) is 144 Å². The number of hydrogen-bond acceptors (Lipinski definition) is 0. The molecule has 2 nitrogen and oxygen atoms in total. The van der Waals surface area contributed by atoms with Crippen LogP contribution in [-0.4, -0.2) is 9.13 Å². The van der Waals surface area contributed by atoms with Crippen molar-refractivity contribution >= 4 is 59.5 Å². The zero-order valence-electron chi connectivity index (χ0n) is 41.8. The molecular weight excluding hydrogens is 997 g/mol. The first kappa shape index (κ1) is 43.0. The second-order valence-corrected chi connectivity index (χ2v) is 22.0. The van der Waals surface area contributed by atoms with Gasteiger partial charge in [-0.3, -0.25) is 0 Å². The molecule has 4 aliphatic carbocycles. The highest BCUT2D eigenvalue weighted by atomic mass is 79.9. The van der Waals surface area contributed by atoms with Crippen LogP contribution in [0, 0.1) is 0 Å². The minimum absolute atomic E-state index is 0.328. The van der Waals surface area contributed by atoms with Crippen molar-refractivity contribution in [1.29, 1.82) is 0 Å². The van der Waals surface area contributed by atoms with E-state index in [0.29, 0.717) is 0 Å². The first-order valence-corrected chi connectivity index (χ1v) is 27.5. The fraction of sp³-hybridized carbons (Fsp3) is 0.0270. The highest BCUT2D eigenvalue weighted by Crippen LogP contribution is 2.65. The molecule has 0 bridgehead atoms. The number of hydrogen-bond donors (Lipinski definition) is 0. The lowest BCUT2D eigenvalue weighted by molar-refractivity contribution is 0.794. The summed E-state index contributed by atoms with van der Waals surface area (Å²) < 4.78 is 5.97. The van der Waals surface area contributed by atoms with E-state index in [-0.39, 0.29) is 10.8 Å². The van der Waals surface area contributed by atoms with Crippen molar-refractivity contribution in [2.45, 2.75) is 10.8 Å². The Morgan fingerprint density at radius 1 is 0.221 bits per heavy atom. The van der Waals surface area contributed by atoms with Crippen LogP contribution in [0.4, 0.5) is 0 Å². The molecule has 4 aliphatic rings. The van der Waals surface area contributed by atoms with E-state index in [1.54, 1.807) is 0 Å². The molecule has 0 radical (unpaired) electrons. The molecule has 0 saturated heterocycles. The van der Waals surface area contributed by atoms with Crippen LogP contribution in [-0.2, 0) is 10.8 Å². The van der Waals surface area contributed by atoms with Gasteiger partial charge in [-0.25, -0.2) is 0 Å². The zero-order chi connectivity index (χ0) is 50.6. The Morgan fingerprint density at radius 3 is 0.948 bits per heavy atom. The van der Waals surface area contributed by atoms with E-state index in [1.807, 2.05) is 0 Å². The molecule has 0 saturated carbocycles. The summed E-state index contributed by atoms with van der Waals surface area (Å²) in [6, 6.07) is 101.